The van der Waals surface area contributed by atoms with E-state index >= 15 is 0 Å². The van der Waals surface area contributed by atoms with Crippen LogP contribution in [0, 0.1) is 5.82 Å². The van der Waals surface area contributed by atoms with E-state index in [0.29, 0.717) is 10.4 Å². The van der Waals surface area contributed by atoms with Crippen molar-refractivity contribution in [2.75, 3.05) is 16.9 Å². The highest BCUT2D eigenvalue weighted by Gasteiger charge is 2.38. The van der Waals surface area contributed by atoms with Crippen molar-refractivity contribution in [1.82, 2.24) is 29.8 Å². The van der Waals surface area contributed by atoms with Crippen LogP contribution in [0.5, 0.6) is 0 Å². The van der Waals surface area contributed by atoms with Crippen LogP contribution in [-0.2, 0) is 11.9 Å². The Hall–Kier alpha value is -3.16. The SMILES string of the molecule is Nc1nc(CSc2nnc(C(F)(F)F)n2N)nc(Nc2ccc(F)cc2)n1. The fourth-order valence-corrected chi connectivity index (χ4v) is 2.63. The minimum absolute atomic E-state index is 0.0119. The molecule has 27 heavy (non-hydrogen) atoms. The number of benzene rings is 1. The summed E-state index contributed by atoms with van der Waals surface area (Å²) in [4.78, 5) is 11.9. The van der Waals surface area contributed by atoms with Crippen molar-refractivity contribution < 1.29 is 17.6 Å². The number of thioether (sulfide) groups is 1. The highest BCUT2D eigenvalue weighted by molar-refractivity contribution is 7.98. The van der Waals surface area contributed by atoms with Crippen LogP contribution in [0.15, 0.2) is 29.4 Å². The van der Waals surface area contributed by atoms with Crippen LogP contribution in [0.3, 0.4) is 0 Å². The van der Waals surface area contributed by atoms with E-state index in [9.17, 15) is 17.6 Å². The smallest absolute Gasteiger partial charge is 0.368 e. The summed E-state index contributed by atoms with van der Waals surface area (Å²) in [5, 5.41) is 9.06. The third-order valence-corrected chi connectivity index (χ3v) is 3.99. The number of nitrogens with zero attached hydrogens (tertiary/aromatic N) is 6. The van der Waals surface area contributed by atoms with E-state index in [1.54, 1.807) is 0 Å². The minimum Gasteiger partial charge on any atom is -0.368 e. The van der Waals surface area contributed by atoms with E-state index in [1.807, 2.05) is 0 Å². The molecule has 0 fully saturated rings. The van der Waals surface area contributed by atoms with E-state index in [0.717, 1.165) is 11.8 Å². The number of nitrogens with two attached hydrogens (primary N) is 2. The second kappa shape index (κ2) is 7.22. The topological polar surface area (TPSA) is 133 Å². The highest BCUT2D eigenvalue weighted by Crippen LogP contribution is 2.29. The Labute approximate surface area is 153 Å². The zero-order chi connectivity index (χ0) is 19.6. The summed E-state index contributed by atoms with van der Waals surface area (Å²) in [6.07, 6.45) is -4.72. The summed E-state index contributed by atoms with van der Waals surface area (Å²) >= 11 is 0.841. The van der Waals surface area contributed by atoms with Crippen LogP contribution in [0.25, 0.3) is 0 Å². The molecule has 142 valence electrons. The first-order chi connectivity index (χ1) is 12.7. The van der Waals surface area contributed by atoms with Gasteiger partial charge < -0.3 is 16.9 Å². The molecule has 3 rings (SSSR count). The number of alkyl halides is 3. The zero-order valence-corrected chi connectivity index (χ0v) is 14.1. The van der Waals surface area contributed by atoms with Gasteiger partial charge in [0.1, 0.15) is 11.6 Å². The largest absolute Gasteiger partial charge is 0.453 e. The Morgan fingerprint density at radius 2 is 1.78 bits per heavy atom. The van der Waals surface area contributed by atoms with Gasteiger partial charge >= 0.3 is 6.18 Å². The second-order valence-electron chi connectivity index (χ2n) is 5.03. The zero-order valence-electron chi connectivity index (χ0n) is 13.3. The number of nitrogen functional groups attached to an aromatic ring is 2. The predicted octanol–water partition coefficient (Wildman–Crippen LogP) is 1.95. The lowest BCUT2D eigenvalue weighted by Gasteiger charge is -2.08. The van der Waals surface area contributed by atoms with Crippen molar-refractivity contribution in [3.8, 4) is 0 Å². The molecule has 2 aromatic heterocycles. The summed E-state index contributed by atoms with van der Waals surface area (Å²) in [6, 6.07) is 5.44. The molecule has 0 spiro atoms. The molecule has 0 saturated heterocycles. The first-order valence-corrected chi connectivity index (χ1v) is 8.14. The average Bonchev–Trinajstić information content (AvgIpc) is 2.95. The molecule has 9 nitrogen and oxygen atoms in total. The van der Waals surface area contributed by atoms with Crippen LogP contribution in [-0.4, -0.2) is 29.8 Å². The number of hydrogen-bond acceptors (Lipinski definition) is 9. The predicted molar refractivity (Wildman–Crippen MR) is 88.7 cm³/mol. The maximum atomic E-state index is 12.9. The Morgan fingerprint density at radius 1 is 1.07 bits per heavy atom. The molecular formula is C13H11F4N9S. The molecule has 0 aliphatic heterocycles. The molecule has 0 bridgehead atoms. The third kappa shape index (κ3) is 4.52. The van der Waals surface area contributed by atoms with Gasteiger partial charge in [-0.3, -0.25) is 0 Å². The first-order valence-electron chi connectivity index (χ1n) is 7.16. The van der Waals surface area contributed by atoms with Gasteiger partial charge in [0.25, 0.3) is 5.82 Å². The second-order valence-corrected chi connectivity index (χ2v) is 5.97. The van der Waals surface area contributed by atoms with E-state index in [4.69, 9.17) is 11.6 Å². The number of rotatable bonds is 5. The maximum Gasteiger partial charge on any atom is 0.453 e. The summed E-state index contributed by atoms with van der Waals surface area (Å²) in [5.74, 6) is 3.81. The lowest BCUT2D eigenvalue weighted by atomic mass is 10.3. The van der Waals surface area contributed by atoms with Gasteiger partial charge in [-0.2, -0.15) is 28.1 Å². The third-order valence-electron chi connectivity index (χ3n) is 3.05. The molecule has 0 aliphatic carbocycles. The molecule has 0 aliphatic rings. The van der Waals surface area contributed by atoms with Gasteiger partial charge in [0.15, 0.2) is 0 Å². The van der Waals surface area contributed by atoms with Crippen molar-refractivity contribution in [3.05, 3.63) is 41.7 Å². The number of anilines is 3. The monoisotopic (exact) mass is 401 g/mol. The highest BCUT2D eigenvalue weighted by atomic mass is 32.2. The molecular weight excluding hydrogens is 390 g/mol. The van der Waals surface area contributed by atoms with Gasteiger partial charge in [0.05, 0.1) is 5.75 Å². The van der Waals surface area contributed by atoms with Crippen molar-refractivity contribution in [3.63, 3.8) is 0 Å². The maximum absolute atomic E-state index is 12.9. The van der Waals surface area contributed by atoms with Gasteiger partial charge in [0, 0.05) is 5.69 Å². The van der Waals surface area contributed by atoms with E-state index < -0.39 is 17.8 Å². The fraction of sp³-hybridized carbons (Fsp3) is 0.154. The number of nitrogens with one attached hydrogen (secondary N) is 1. The number of aromatic nitrogens is 6. The molecule has 14 heteroatoms. The Balaban J connectivity index is 1.73. The van der Waals surface area contributed by atoms with Crippen molar-refractivity contribution in [1.29, 1.82) is 0 Å². The van der Waals surface area contributed by atoms with Crippen molar-refractivity contribution in [2.24, 2.45) is 0 Å². The average molecular weight is 401 g/mol. The molecule has 0 unspecified atom stereocenters. The van der Waals surface area contributed by atoms with Crippen LogP contribution < -0.4 is 16.9 Å². The minimum atomic E-state index is -4.72. The number of hydrogen-bond donors (Lipinski definition) is 3. The molecule has 0 saturated carbocycles. The Kier molecular flexibility index (Phi) is 4.98. The van der Waals surface area contributed by atoms with Gasteiger partial charge in [-0.05, 0) is 24.3 Å². The van der Waals surface area contributed by atoms with Crippen LogP contribution in [0.4, 0.5) is 35.1 Å². The van der Waals surface area contributed by atoms with Gasteiger partial charge in [0.2, 0.25) is 17.1 Å². The molecule has 5 N–H and O–H groups in total. The molecule has 3 aromatic rings. The van der Waals surface area contributed by atoms with Gasteiger partial charge in [-0.1, -0.05) is 11.8 Å². The Bertz CT molecular complexity index is 942. The summed E-state index contributed by atoms with van der Waals surface area (Å²) < 4.78 is 51.3. The molecule has 2 heterocycles. The Morgan fingerprint density at radius 3 is 2.41 bits per heavy atom. The summed E-state index contributed by atoms with van der Waals surface area (Å²) in [6.45, 7) is 0. The molecule has 0 atom stereocenters. The summed E-state index contributed by atoms with van der Waals surface area (Å²) in [5.41, 5.74) is 6.13. The molecule has 0 radical (unpaired) electrons. The van der Waals surface area contributed by atoms with E-state index in [-0.39, 0.29) is 28.6 Å². The van der Waals surface area contributed by atoms with E-state index in [1.165, 1.54) is 24.3 Å². The van der Waals surface area contributed by atoms with Gasteiger partial charge in [-0.25, -0.2) is 9.07 Å². The molecule has 1 aromatic carbocycles. The fourth-order valence-electron chi connectivity index (χ4n) is 1.92. The standard InChI is InChI=1S/C13H11F4N9S/c14-6-1-3-7(4-2-6)20-11-22-8(21-10(18)23-11)5-27-12-25-24-9(26(12)19)13(15,16)17/h1-4H,5,19H2,(H3,18,20,21,22,23). The first kappa shape index (κ1) is 18.6. The number of halogens is 4. The quantitative estimate of drug-likeness (QED) is 0.333. The lowest BCUT2D eigenvalue weighted by molar-refractivity contribution is -0.146. The van der Waals surface area contributed by atoms with E-state index in [2.05, 4.69) is 30.5 Å². The van der Waals surface area contributed by atoms with Gasteiger partial charge in [-0.15, -0.1) is 10.2 Å². The van der Waals surface area contributed by atoms with Crippen LogP contribution in [0.1, 0.15) is 11.6 Å². The van der Waals surface area contributed by atoms with Crippen LogP contribution >= 0.6 is 11.8 Å². The van der Waals surface area contributed by atoms with Crippen molar-refractivity contribution >= 4 is 29.3 Å². The lowest BCUT2D eigenvalue weighted by Crippen LogP contribution is -2.21. The van der Waals surface area contributed by atoms with Crippen LogP contribution in [0.2, 0.25) is 0 Å². The normalized spacial score (nSPS) is 11.6. The van der Waals surface area contributed by atoms with Crippen molar-refractivity contribution in [2.45, 2.75) is 17.1 Å². The molecule has 0 amide bonds. The summed E-state index contributed by atoms with van der Waals surface area (Å²) in [7, 11) is 0.